The second-order valence-electron chi connectivity index (χ2n) is 7.26. The lowest BCUT2D eigenvalue weighted by Gasteiger charge is -2.24. The summed E-state index contributed by atoms with van der Waals surface area (Å²) in [5.41, 5.74) is 5.63. The Balaban J connectivity index is 4.78. The van der Waals surface area contributed by atoms with Crippen molar-refractivity contribution in [2.24, 2.45) is 17.6 Å². The quantitative estimate of drug-likeness (QED) is 0.221. The second-order valence-corrected chi connectivity index (χ2v) is 7.26. The molecule has 0 heterocycles. The molecule has 0 bridgehead atoms. The van der Waals surface area contributed by atoms with Crippen molar-refractivity contribution in [3.05, 3.63) is 0 Å². The number of nitrogens with two attached hydrogens (primary N) is 1. The molecule has 0 saturated heterocycles. The van der Waals surface area contributed by atoms with E-state index >= 15 is 0 Å². The van der Waals surface area contributed by atoms with Gasteiger partial charge in [0.1, 0.15) is 12.1 Å². The van der Waals surface area contributed by atoms with Crippen LogP contribution in [-0.4, -0.2) is 64.5 Å². The van der Waals surface area contributed by atoms with E-state index in [2.05, 4.69) is 16.0 Å². The van der Waals surface area contributed by atoms with Crippen molar-refractivity contribution in [3.63, 3.8) is 0 Å². The number of nitrogens with one attached hydrogen (secondary N) is 3. The van der Waals surface area contributed by atoms with Crippen LogP contribution in [0.4, 0.5) is 0 Å². The van der Waals surface area contributed by atoms with Gasteiger partial charge < -0.3 is 31.9 Å². The molecule has 166 valence electrons. The Morgan fingerprint density at radius 1 is 0.931 bits per heavy atom. The highest BCUT2D eigenvalue weighted by Gasteiger charge is 2.28. The summed E-state index contributed by atoms with van der Waals surface area (Å²) in [6, 6.07) is -3.15. The van der Waals surface area contributed by atoms with Crippen molar-refractivity contribution < 1.29 is 34.2 Å². The maximum atomic E-state index is 12.4. The molecule has 0 aromatic carbocycles. The summed E-state index contributed by atoms with van der Waals surface area (Å²) in [7, 11) is 0. The molecule has 0 aliphatic carbocycles. The molecule has 0 saturated carbocycles. The topological polar surface area (TPSA) is 188 Å². The van der Waals surface area contributed by atoms with Crippen molar-refractivity contribution >= 4 is 29.7 Å². The first-order chi connectivity index (χ1) is 13.4. The van der Waals surface area contributed by atoms with Crippen molar-refractivity contribution in [1.29, 1.82) is 0 Å². The van der Waals surface area contributed by atoms with Gasteiger partial charge in [-0.3, -0.25) is 19.2 Å². The van der Waals surface area contributed by atoms with Gasteiger partial charge in [0.2, 0.25) is 17.7 Å². The Morgan fingerprint density at radius 2 is 1.52 bits per heavy atom. The Bertz CT molecular complexity index is 609. The van der Waals surface area contributed by atoms with Gasteiger partial charge in [-0.25, -0.2) is 4.79 Å². The van der Waals surface area contributed by atoms with Crippen molar-refractivity contribution in [1.82, 2.24) is 16.0 Å². The largest absolute Gasteiger partial charge is 0.481 e. The van der Waals surface area contributed by atoms with Gasteiger partial charge >= 0.3 is 11.9 Å². The summed E-state index contributed by atoms with van der Waals surface area (Å²) in [5.74, 6) is -4.85. The molecule has 0 spiro atoms. The molecule has 0 aromatic rings. The molecule has 0 radical (unpaired) electrons. The number of hydrogen-bond acceptors (Lipinski definition) is 6. The molecule has 0 aliphatic heterocycles. The van der Waals surface area contributed by atoms with Gasteiger partial charge in [0.15, 0.2) is 0 Å². The molecule has 0 aromatic heterocycles. The van der Waals surface area contributed by atoms with Gasteiger partial charge in [0, 0.05) is 6.42 Å². The third-order valence-electron chi connectivity index (χ3n) is 4.47. The van der Waals surface area contributed by atoms with Gasteiger partial charge in [-0.15, -0.1) is 0 Å². The predicted octanol–water partition coefficient (Wildman–Crippen LogP) is -0.949. The van der Waals surface area contributed by atoms with E-state index in [-0.39, 0.29) is 24.7 Å². The highest BCUT2D eigenvalue weighted by molar-refractivity contribution is 5.92. The lowest BCUT2D eigenvalue weighted by Crippen LogP contribution is -2.55. The highest BCUT2D eigenvalue weighted by atomic mass is 16.4. The normalized spacial score (nSPS) is 15.0. The zero-order valence-corrected chi connectivity index (χ0v) is 17.2. The van der Waals surface area contributed by atoms with Crippen LogP contribution in [0.1, 0.15) is 47.0 Å². The molecule has 7 N–H and O–H groups in total. The molecule has 11 nitrogen and oxygen atoms in total. The zero-order chi connectivity index (χ0) is 22.7. The number of carbonyl (C=O) groups is 5. The number of aliphatic carboxylic acids is 2. The summed E-state index contributed by atoms with van der Waals surface area (Å²) in [4.78, 5) is 58.3. The molecule has 0 aliphatic rings. The summed E-state index contributed by atoms with van der Waals surface area (Å²) < 4.78 is 0. The van der Waals surface area contributed by atoms with Gasteiger partial charge in [-0.05, 0) is 18.3 Å². The fourth-order valence-electron chi connectivity index (χ4n) is 2.39. The fourth-order valence-corrected chi connectivity index (χ4v) is 2.39. The maximum Gasteiger partial charge on any atom is 0.326 e. The standard InChI is InChI=1S/C18H32N4O7/c1-5-10(4)15(18(28)29)21-12(23)8-20-17(27)14(9(2)3)22-16(26)11(19)6-7-13(24)25/h9-11,14-15H,5-8,19H2,1-4H3,(H,20,27)(H,21,23)(H,22,26)(H,24,25)(H,28,29). The monoisotopic (exact) mass is 416 g/mol. The van der Waals surface area contributed by atoms with Crippen LogP contribution in [0.5, 0.6) is 0 Å². The lowest BCUT2D eigenvalue weighted by atomic mass is 9.99. The fraction of sp³-hybridized carbons (Fsp3) is 0.722. The van der Waals surface area contributed by atoms with E-state index in [4.69, 9.17) is 10.8 Å². The highest BCUT2D eigenvalue weighted by Crippen LogP contribution is 2.08. The van der Waals surface area contributed by atoms with Crippen molar-refractivity contribution in [2.75, 3.05) is 6.54 Å². The second kappa shape index (κ2) is 12.7. The van der Waals surface area contributed by atoms with Crippen LogP contribution in [-0.2, 0) is 24.0 Å². The predicted molar refractivity (Wildman–Crippen MR) is 104 cm³/mol. The summed E-state index contributed by atoms with van der Waals surface area (Å²) >= 11 is 0. The lowest BCUT2D eigenvalue weighted by molar-refractivity contribution is -0.143. The number of carboxylic acids is 2. The zero-order valence-electron chi connectivity index (χ0n) is 17.2. The molecule has 29 heavy (non-hydrogen) atoms. The molecule has 4 atom stereocenters. The van der Waals surface area contributed by atoms with Gasteiger partial charge in [-0.1, -0.05) is 34.1 Å². The van der Waals surface area contributed by atoms with E-state index in [1.54, 1.807) is 27.7 Å². The molecule has 0 fully saturated rings. The Kier molecular flexibility index (Phi) is 11.5. The minimum atomic E-state index is -1.17. The third kappa shape index (κ3) is 9.88. The number of rotatable bonds is 13. The average molecular weight is 416 g/mol. The molecule has 11 heteroatoms. The number of hydrogen-bond donors (Lipinski definition) is 6. The smallest absolute Gasteiger partial charge is 0.326 e. The van der Waals surface area contributed by atoms with E-state index < -0.39 is 54.3 Å². The first-order valence-electron chi connectivity index (χ1n) is 9.48. The minimum absolute atomic E-state index is 0.0812. The van der Waals surface area contributed by atoms with Crippen LogP contribution in [0.25, 0.3) is 0 Å². The summed E-state index contributed by atoms with van der Waals surface area (Å²) in [6.07, 6.45) is 0.184. The number of carboxylic acid groups (broad SMARTS) is 2. The van der Waals surface area contributed by atoms with Crippen LogP contribution in [0, 0.1) is 11.8 Å². The minimum Gasteiger partial charge on any atom is -0.481 e. The van der Waals surface area contributed by atoms with E-state index in [0.717, 1.165) is 0 Å². The third-order valence-corrected chi connectivity index (χ3v) is 4.47. The molecular weight excluding hydrogens is 384 g/mol. The molecular formula is C18H32N4O7. The Labute approximate surface area is 169 Å². The summed E-state index contributed by atoms with van der Waals surface area (Å²) in [5, 5.41) is 25.0. The SMILES string of the molecule is CCC(C)C(NC(=O)CNC(=O)C(NC(=O)C(N)CCC(=O)O)C(C)C)C(=O)O. The average Bonchev–Trinajstić information content (AvgIpc) is 2.64. The molecule has 3 amide bonds. The van der Waals surface area contributed by atoms with E-state index in [1.165, 1.54) is 0 Å². The summed E-state index contributed by atoms with van der Waals surface area (Å²) in [6.45, 7) is 6.39. The Hall–Kier alpha value is -2.69. The number of carbonyl (C=O) groups excluding carboxylic acids is 3. The van der Waals surface area contributed by atoms with Crippen LogP contribution in [0.3, 0.4) is 0 Å². The first kappa shape index (κ1) is 26.3. The van der Waals surface area contributed by atoms with E-state index in [9.17, 15) is 29.1 Å². The Morgan fingerprint density at radius 3 is 1.97 bits per heavy atom. The molecule has 4 unspecified atom stereocenters. The van der Waals surface area contributed by atoms with Crippen molar-refractivity contribution in [2.45, 2.75) is 65.1 Å². The maximum absolute atomic E-state index is 12.4. The van der Waals surface area contributed by atoms with Gasteiger partial charge in [0.05, 0.1) is 12.6 Å². The van der Waals surface area contributed by atoms with Crippen molar-refractivity contribution in [3.8, 4) is 0 Å². The van der Waals surface area contributed by atoms with Crippen LogP contribution in [0.2, 0.25) is 0 Å². The first-order valence-corrected chi connectivity index (χ1v) is 9.48. The van der Waals surface area contributed by atoms with E-state index in [1.807, 2.05) is 0 Å². The van der Waals surface area contributed by atoms with E-state index in [0.29, 0.717) is 6.42 Å². The van der Waals surface area contributed by atoms with Gasteiger partial charge in [-0.2, -0.15) is 0 Å². The van der Waals surface area contributed by atoms with Crippen LogP contribution < -0.4 is 21.7 Å². The number of amides is 3. The molecule has 0 rings (SSSR count). The van der Waals surface area contributed by atoms with Crippen LogP contribution >= 0.6 is 0 Å². The van der Waals surface area contributed by atoms with Gasteiger partial charge in [0.25, 0.3) is 0 Å². The van der Waals surface area contributed by atoms with Crippen LogP contribution in [0.15, 0.2) is 0 Å².